The highest BCUT2D eigenvalue weighted by Gasteiger charge is 2.30. The number of fused-ring (bicyclic) bond motifs is 1. The SMILES string of the molecule is Cc1cc(C)c(S(=O)(=O)N2CCc3cc(-c4cccc(F)c4)ccc3C2)c(C)c1. The van der Waals surface area contributed by atoms with Gasteiger partial charge < -0.3 is 0 Å². The number of nitrogens with zero attached hydrogens (tertiary/aromatic N) is 1. The molecule has 0 spiro atoms. The van der Waals surface area contributed by atoms with Crippen LogP contribution in [-0.2, 0) is 23.0 Å². The lowest BCUT2D eigenvalue weighted by molar-refractivity contribution is 0.391. The summed E-state index contributed by atoms with van der Waals surface area (Å²) in [4.78, 5) is 0.419. The first-order valence-corrected chi connectivity index (χ1v) is 11.2. The fourth-order valence-electron chi connectivity index (χ4n) is 4.28. The fourth-order valence-corrected chi connectivity index (χ4v) is 6.11. The summed E-state index contributed by atoms with van der Waals surface area (Å²) in [6, 6.07) is 16.3. The number of hydrogen-bond donors (Lipinski definition) is 0. The zero-order valence-electron chi connectivity index (χ0n) is 16.9. The van der Waals surface area contributed by atoms with Gasteiger partial charge in [0.15, 0.2) is 0 Å². The highest BCUT2D eigenvalue weighted by molar-refractivity contribution is 7.89. The summed E-state index contributed by atoms with van der Waals surface area (Å²) in [6.07, 6.45) is 0.641. The van der Waals surface area contributed by atoms with E-state index in [-0.39, 0.29) is 5.82 Å². The van der Waals surface area contributed by atoms with Crippen molar-refractivity contribution in [1.29, 1.82) is 0 Å². The molecule has 0 radical (unpaired) electrons. The van der Waals surface area contributed by atoms with Crippen molar-refractivity contribution < 1.29 is 12.8 Å². The van der Waals surface area contributed by atoms with Gasteiger partial charge in [0.25, 0.3) is 0 Å². The van der Waals surface area contributed by atoms with E-state index in [1.807, 2.05) is 51.1 Å². The van der Waals surface area contributed by atoms with Gasteiger partial charge in [-0.3, -0.25) is 0 Å². The molecule has 1 heterocycles. The van der Waals surface area contributed by atoms with E-state index >= 15 is 0 Å². The minimum Gasteiger partial charge on any atom is -0.207 e. The molecule has 1 aliphatic heterocycles. The molecule has 0 saturated heterocycles. The van der Waals surface area contributed by atoms with E-state index < -0.39 is 10.0 Å². The normalized spacial score (nSPS) is 14.6. The summed E-state index contributed by atoms with van der Waals surface area (Å²) in [7, 11) is -3.57. The first kappa shape index (κ1) is 19.8. The molecule has 0 atom stereocenters. The molecule has 3 nitrogen and oxygen atoms in total. The smallest absolute Gasteiger partial charge is 0.207 e. The van der Waals surface area contributed by atoms with E-state index in [2.05, 4.69) is 6.07 Å². The molecule has 1 aliphatic rings. The minimum absolute atomic E-state index is 0.263. The van der Waals surface area contributed by atoms with Gasteiger partial charge >= 0.3 is 0 Å². The topological polar surface area (TPSA) is 37.4 Å². The molecule has 150 valence electrons. The van der Waals surface area contributed by atoms with Crippen LogP contribution in [0.1, 0.15) is 27.8 Å². The average Bonchev–Trinajstić information content (AvgIpc) is 2.66. The van der Waals surface area contributed by atoms with Gasteiger partial charge in [-0.05, 0) is 72.7 Å². The summed E-state index contributed by atoms with van der Waals surface area (Å²) in [5.74, 6) is -0.263. The van der Waals surface area contributed by atoms with Crippen LogP contribution in [0.15, 0.2) is 59.5 Å². The summed E-state index contributed by atoms with van der Waals surface area (Å²) >= 11 is 0. The van der Waals surface area contributed by atoms with Gasteiger partial charge in [-0.1, -0.05) is 48.0 Å². The van der Waals surface area contributed by atoms with Crippen LogP contribution >= 0.6 is 0 Å². The van der Waals surface area contributed by atoms with Gasteiger partial charge in [0, 0.05) is 13.1 Å². The maximum Gasteiger partial charge on any atom is 0.243 e. The van der Waals surface area contributed by atoms with E-state index in [1.54, 1.807) is 10.4 Å². The molecular formula is C24H24FNO2S. The molecule has 0 aliphatic carbocycles. The monoisotopic (exact) mass is 409 g/mol. The standard InChI is InChI=1S/C24H24FNO2S/c1-16-11-17(2)24(18(3)12-16)29(27,28)26-10-9-21-13-20(7-8-22(21)15-26)19-5-4-6-23(25)14-19/h4-8,11-14H,9-10,15H2,1-3H3. The summed E-state index contributed by atoms with van der Waals surface area (Å²) in [5.41, 5.74) is 6.54. The molecule has 0 bridgehead atoms. The lowest BCUT2D eigenvalue weighted by Crippen LogP contribution is -2.36. The Labute approximate surface area is 171 Å². The van der Waals surface area contributed by atoms with Crippen molar-refractivity contribution in [3.05, 3.63) is 88.2 Å². The van der Waals surface area contributed by atoms with Crippen LogP contribution < -0.4 is 0 Å². The van der Waals surface area contributed by atoms with Crippen molar-refractivity contribution in [2.75, 3.05) is 6.54 Å². The number of aryl methyl sites for hydroxylation is 3. The van der Waals surface area contributed by atoms with Gasteiger partial charge in [0.05, 0.1) is 4.90 Å². The van der Waals surface area contributed by atoms with Gasteiger partial charge in [0.1, 0.15) is 5.82 Å². The summed E-state index contributed by atoms with van der Waals surface area (Å²) in [5, 5.41) is 0. The number of benzene rings is 3. The Bertz CT molecular complexity index is 1180. The lowest BCUT2D eigenvalue weighted by atomic mass is 9.95. The third-order valence-corrected chi connectivity index (χ3v) is 7.70. The Hall–Kier alpha value is -2.50. The Morgan fingerprint density at radius 3 is 2.24 bits per heavy atom. The Kier molecular flexibility index (Phi) is 5.05. The van der Waals surface area contributed by atoms with E-state index in [0.29, 0.717) is 24.4 Å². The highest BCUT2D eigenvalue weighted by atomic mass is 32.2. The van der Waals surface area contributed by atoms with Crippen molar-refractivity contribution in [1.82, 2.24) is 4.31 Å². The molecular weight excluding hydrogens is 385 g/mol. The van der Waals surface area contributed by atoms with E-state index in [4.69, 9.17) is 0 Å². The van der Waals surface area contributed by atoms with Gasteiger partial charge in [0.2, 0.25) is 10.0 Å². The average molecular weight is 410 g/mol. The first-order chi connectivity index (χ1) is 13.8. The van der Waals surface area contributed by atoms with Gasteiger partial charge in [-0.25, -0.2) is 12.8 Å². The fraction of sp³-hybridized carbons (Fsp3) is 0.250. The highest BCUT2D eigenvalue weighted by Crippen LogP contribution is 2.31. The third kappa shape index (κ3) is 3.72. The largest absolute Gasteiger partial charge is 0.243 e. The maximum atomic E-state index is 13.6. The molecule has 29 heavy (non-hydrogen) atoms. The van der Waals surface area contributed by atoms with Crippen LogP contribution in [0.3, 0.4) is 0 Å². The number of hydrogen-bond acceptors (Lipinski definition) is 2. The van der Waals surface area contributed by atoms with Crippen molar-refractivity contribution in [2.24, 2.45) is 0 Å². The number of halogens is 1. The second-order valence-electron chi connectivity index (χ2n) is 7.81. The molecule has 0 aromatic heterocycles. The van der Waals surface area contributed by atoms with Crippen LogP contribution in [0.2, 0.25) is 0 Å². The Morgan fingerprint density at radius 2 is 1.55 bits per heavy atom. The quantitative estimate of drug-likeness (QED) is 0.599. The van der Waals surface area contributed by atoms with Crippen molar-refractivity contribution in [3.63, 3.8) is 0 Å². The van der Waals surface area contributed by atoms with Crippen LogP contribution in [0.25, 0.3) is 11.1 Å². The number of sulfonamides is 1. The molecule has 3 aromatic rings. The predicted molar refractivity (Wildman–Crippen MR) is 114 cm³/mol. The minimum atomic E-state index is -3.57. The molecule has 5 heteroatoms. The maximum absolute atomic E-state index is 13.6. The zero-order chi connectivity index (χ0) is 20.8. The van der Waals surface area contributed by atoms with Crippen LogP contribution in [0, 0.1) is 26.6 Å². The van der Waals surface area contributed by atoms with Crippen molar-refractivity contribution >= 4 is 10.0 Å². The zero-order valence-corrected chi connectivity index (χ0v) is 17.7. The Balaban J connectivity index is 1.66. The molecule has 0 unspecified atom stereocenters. The predicted octanol–water partition coefficient (Wildman–Crippen LogP) is 5.16. The van der Waals surface area contributed by atoms with Gasteiger partial charge in [-0.15, -0.1) is 0 Å². The Morgan fingerprint density at radius 1 is 0.862 bits per heavy atom. The molecule has 4 rings (SSSR count). The molecule has 0 saturated carbocycles. The second kappa shape index (κ2) is 7.39. The van der Waals surface area contributed by atoms with Crippen LogP contribution in [0.5, 0.6) is 0 Å². The van der Waals surface area contributed by atoms with E-state index in [0.717, 1.165) is 38.9 Å². The molecule has 0 fully saturated rings. The molecule has 0 amide bonds. The summed E-state index contributed by atoms with van der Waals surface area (Å²) in [6.45, 7) is 6.48. The van der Waals surface area contributed by atoms with Crippen molar-refractivity contribution in [3.8, 4) is 11.1 Å². The van der Waals surface area contributed by atoms with Crippen LogP contribution in [-0.4, -0.2) is 19.3 Å². The van der Waals surface area contributed by atoms with Gasteiger partial charge in [-0.2, -0.15) is 4.31 Å². The van der Waals surface area contributed by atoms with Crippen LogP contribution in [0.4, 0.5) is 4.39 Å². The molecule has 0 N–H and O–H groups in total. The van der Waals surface area contributed by atoms with E-state index in [1.165, 1.54) is 12.1 Å². The first-order valence-electron chi connectivity index (χ1n) is 9.71. The second-order valence-corrected chi connectivity index (χ2v) is 9.69. The lowest BCUT2D eigenvalue weighted by Gasteiger charge is -2.29. The summed E-state index contributed by atoms with van der Waals surface area (Å²) < 4.78 is 41.8. The van der Waals surface area contributed by atoms with Crippen molar-refractivity contribution in [2.45, 2.75) is 38.6 Å². The number of rotatable bonds is 3. The molecule has 3 aromatic carbocycles. The third-order valence-electron chi connectivity index (χ3n) is 5.54. The van der Waals surface area contributed by atoms with E-state index in [9.17, 15) is 12.8 Å².